The van der Waals surface area contributed by atoms with Gasteiger partial charge in [-0.3, -0.25) is 14.8 Å². The fourth-order valence-electron chi connectivity index (χ4n) is 2.00. The third-order valence-electron chi connectivity index (χ3n) is 3.04. The average molecular weight is 263 g/mol. The minimum Gasteiger partial charge on any atom is -0.348 e. The molecule has 98 valence electrons. The van der Waals surface area contributed by atoms with E-state index in [1.807, 2.05) is 36.4 Å². The summed E-state index contributed by atoms with van der Waals surface area (Å²) in [5, 5.41) is 3.84. The van der Waals surface area contributed by atoms with Crippen LogP contribution in [0.15, 0.2) is 61.1 Å². The predicted molar refractivity (Wildman–Crippen MR) is 77.2 cm³/mol. The standard InChI is InChI=1S/C16H13N3O/c20-16(19-11-12-3-1-7-17-10-12)14-5-6-15-13(9-14)4-2-8-18-15/h1-10H,11H2,(H,19,20). The molecule has 0 spiro atoms. The van der Waals surface area contributed by atoms with Gasteiger partial charge in [0, 0.05) is 36.1 Å². The Balaban J connectivity index is 1.75. The molecule has 1 aromatic carbocycles. The summed E-state index contributed by atoms with van der Waals surface area (Å²) in [5.74, 6) is -0.0976. The van der Waals surface area contributed by atoms with Crippen LogP contribution in [-0.2, 0) is 6.54 Å². The number of hydrogen-bond acceptors (Lipinski definition) is 3. The summed E-state index contributed by atoms with van der Waals surface area (Å²) in [6, 6.07) is 13.1. The molecule has 20 heavy (non-hydrogen) atoms. The van der Waals surface area contributed by atoms with Gasteiger partial charge in [0.1, 0.15) is 0 Å². The Labute approximate surface area is 116 Å². The summed E-state index contributed by atoms with van der Waals surface area (Å²) in [5.41, 5.74) is 2.49. The van der Waals surface area contributed by atoms with Crippen molar-refractivity contribution >= 4 is 16.8 Å². The van der Waals surface area contributed by atoms with Crippen LogP contribution in [0.1, 0.15) is 15.9 Å². The molecule has 0 fully saturated rings. The number of hydrogen-bond donors (Lipinski definition) is 1. The lowest BCUT2D eigenvalue weighted by atomic mass is 10.1. The summed E-state index contributed by atoms with van der Waals surface area (Å²) in [4.78, 5) is 20.4. The van der Waals surface area contributed by atoms with Gasteiger partial charge in [-0.2, -0.15) is 0 Å². The van der Waals surface area contributed by atoms with Crippen LogP contribution < -0.4 is 5.32 Å². The second kappa shape index (κ2) is 5.48. The number of nitrogens with one attached hydrogen (secondary N) is 1. The lowest BCUT2D eigenvalue weighted by Gasteiger charge is -2.06. The topological polar surface area (TPSA) is 54.9 Å². The van der Waals surface area contributed by atoms with E-state index in [1.54, 1.807) is 24.7 Å². The van der Waals surface area contributed by atoms with Gasteiger partial charge in [0.25, 0.3) is 5.91 Å². The fraction of sp³-hybridized carbons (Fsp3) is 0.0625. The minimum absolute atomic E-state index is 0.0976. The largest absolute Gasteiger partial charge is 0.348 e. The molecule has 2 aromatic heterocycles. The fourth-order valence-corrected chi connectivity index (χ4v) is 2.00. The number of carbonyl (C=O) groups excluding carboxylic acids is 1. The van der Waals surface area contributed by atoms with Crippen molar-refractivity contribution in [1.29, 1.82) is 0 Å². The Morgan fingerprint density at radius 3 is 2.85 bits per heavy atom. The number of nitrogens with zero attached hydrogens (tertiary/aromatic N) is 2. The number of carbonyl (C=O) groups is 1. The maximum atomic E-state index is 12.1. The molecule has 1 amide bonds. The van der Waals surface area contributed by atoms with Gasteiger partial charge < -0.3 is 5.32 Å². The molecule has 4 heteroatoms. The molecule has 0 bridgehead atoms. The summed E-state index contributed by atoms with van der Waals surface area (Å²) in [6.07, 6.45) is 5.19. The van der Waals surface area contributed by atoms with E-state index in [0.29, 0.717) is 12.1 Å². The van der Waals surface area contributed by atoms with Gasteiger partial charge in [-0.15, -0.1) is 0 Å². The van der Waals surface area contributed by atoms with Crippen molar-refractivity contribution in [2.75, 3.05) is 0 Å². The molecule has 2 heterocycles. The Morgan fingerprint density at radius 2 is 2.00 bits per heavy atom. The van der Waals surface area contributed by atoms with Gasteiger partial charge in [0.2, 0.25) is 0 Å². The van der Waals surface area contributed by atoms with E-state index in [0.717, 1.165) is 16.5 Å². The Kier molecular flexibility index (Phi) is 3.37. The second-order valence-electron chi connectivity index (χ2n) is 4.45. The number of pyridine rings is 2. The highest BCUT2D eigenvalue weighted by molar-refractivity contribution is 5.97. The zero-order valence-corrected chi connectivity index (χ0v) is 10.8. The van der Waals surface area contributed by atoms with Crippen LogP contribution in [0.3, 0.4) is 0 Å². The van der Waals surface area contributed by atoms with E-state index in [9.17, 15) is 4.79 Å². The lowest BCUT2D eigenvalue weighted by molar-refractivity contribution is 0.0951. The van der Waals surface area contributed by atoms with Crippen molar-refractivity contribution in [1.82, 2.24) is 15.3 Å². The molecule has 3 rings (SSSR count). The van der Waals surface area contributed by atoms with Crippen molar-refractivity contribution in [3.63, 3.8) is 0 Å². The first-order valence-electron chi connectivity index (χ1n) is 6.35. The van der Waals surface area contributed by atoms with E-state index < -0.39 is 0 Å². The highest BCUT2D eigenvalue weighted by atomic mass is 16.1. The van der Waals surface area contributed by atoms with Gasteiger partial charge in [-0.25, -0.2) is 0 Å². The summed E-state index contributed by atoms with van der Waals surface area (Å²) in [6.45, 7) is 0.470. The summed E-state index contributed by atoms with van der Waals surface area (Å²) >= 11 is 0. The molecule has 0 saturated heterocycles. The molecule has 0 aliphatic rings. The highest BCUT2D eigenvalue weighted by Crippen LogP contribution is 2.13. The number of benzene rings is 1. The van der Waals surface area contributed by atoms with Gasteiger partial charge in [-0.05, 0) is 35.9 Å². The van der Waals surface area contributed by atoms with Crippen LogP contribution >= 0.6 is 0 Å². The minimum atomic E-state index is -0.0976. The quantitative estimate of drug-likeness (QED) is 0.790. The second-order valence-corrected chi connectivity index (χ2v) is 4.45. The molecule has 0 aliphatic carbocycles. The zero-order chi connectivity index (χ0) is 13.8. The SMILES string of the molecule is O=C(NCc1cccnc1)c1ccc2ncccc2c1. The highest BCUT2D eigenvalue weighted by Gasteiger charge is 2.06. The maximum Gasteiger partial charge on any atom is 0.251 e. The van der Waals surface area contributed by atoms with Crippen molar-refractivity contribution in [3.05, 3.63) is 72.2 Å². The Morgan fingerprint density at radius 1 is 1.10 bits per heavy atom. The van der Waals surface area contributed by atoms with Gasteiger partial charge >= 0.3 is 0 Å². The average Bonchev–Trinajstić information content (AvgIpc) is 2.53. The first-order chi connectivity index (χ1) is 9.83. The van der Waals surface area contributed by atoms with Crippen molar-refractivity contribution < 1.29 is 4.79 Å². The molecule has 1 N–H and O–H groups in total. The first kappa shape index (κ1) is 12.3. The maximum absolute atomic E-state index is 12.1. The monoisotopic (exact) mass is 263 g/mol. The first-order valence-corrected chi connectivity index (χ1v) is 6.35. The summed E-state index contributed by atoms with van der Waals surface area (Å²) in [7, 11) is 0. The molecular weight excluding hydrogens is 250 g/mol. The van der Waals surface area contributed by atoms with Crippen LogP contribution in [0.4, 0.5) is 0 Å². The van der Waals surface area contributed by atoms with Crippen LogP contribution in [-0.4, -0.2) is 15.9 Å². The molecule has 0 atom stereocenters. The zero-order valence-electron chi connectivity index (χ0n) is 10.8. The van der Waals surface area contributed by atoms with E-state index in [4.69, 9.17) is 0 Å². The molecule has 0 saturated carbocycles. The Bertz CT molecular complexity index is 741. The number of aromatic nitrogens is 2. The third-order valence-corrected chi connectivity index (χ3v) is 3.04. The van der Waals surface area contributed by atoms with E-state index in [1.165, 1.54) is 0 Å². The van der Waals surface area contributed by atoms with E-state index >= 15 is 0 Å². The van der Waals surface area contributed by atoms with Gasteiger partial charge in [0.05, 0.1) is 5.52 Å². The molecule has 0 unspecified atom stereocenters. The smallest absolute Gasteiger partial charge is 0.251 e. The van der Waals surface area contributed by atoms with Crippen molar-refractivity contribution in [3.8, 4) is 0 Å². The molecule has 3 aromatic rings. The number of rotatable bonds is 3. The van der Waals surface area contributed by atoms with Crippen LogP contribution in [0.25, 0.3) is 10.9 Å². The third kappa shape index (κ3) is 2.64. The van der Waals surface area contributed by atoms with E-state index in [2.05, 4.69) is 15.3 Å². The molecule has 4 nitrogen and oxygen atoms in total. The molecule has 0 radical (unpaired) electrons. The van der Waals surface area contributed by atoms with Crippen LogP contribution in [0.5, 0.6) is 0 Å². The van der Waals surface area contributed by atoms with Crippen LogP contribution in [0, 0.1) is 0 Å². The number of amides is 1. The van der Waals surface area contributed by atoms with E-state index in [-0.39, 0.29) is 5.91 Å². The van der Waals surface area contributed by atoms with Gasteiger partial charge in [0.15, 0.2) is 0 Å². The molecule has 0 aliphatic heterocycles. The summed E-state index contributed by atoms with van der Waals surface area (Å²) < 4.78 is 0. The lowest BCUT2D eigenvalue weighted by Crippen LogP contribution is -2.22. The Hall–Kier alpha value is -2.75. The van der Waals surface area contributed by atoms with Gasteiger partial charge in [-0.1, -0.05) is 12.1 Å². The normalized spacial score (nSPS) is 10.4. The number of fused-ring (bicyclic) bond motifs is 1. The van der Waals surface area contributed by atoms with Crippen molar-refractivity contribution in [2.45, 2.75) is 6.54 Å². The predicted octanol–water partition coefficient (Wildman–Crippen LogP) is 2.56. The van der Waals surface area contributed by atoms with Crippen molar-refractivity contribution in [2.24, 2.45) is 0 Å². The molecular formula is C16H13N3O. The van der Waals surface area contributed by atoms with Crippen LogP contribution in [0.2, 0.25) is 0 Å².